The summed E-state index contributed by atoms with van der Waals surface area (Å²) < 4.78 is 5.16. The Labute approximate surface area is 91.3 Å². The fourth-order valence-electron chi connectivity index (χ4n) is 1.12. The third-order valence-electron chi connectivity index (χ3n) is 2.69. The van der Waals surface area contributed by atoms with E-state index >= 15 is 0 Å². The predicted molar refractivity (Wildman–Crippen MR) is 57.3 cm³/mol. The van der Waals surface area contributed by atoms with E-state index in [1.807, 2.05) is 6.92 Å². The number of aliphatic hydroxyl groups is 2. The number of ether oxygens (including phenoxy) is 1. The van der Waals surface area contributed by atoms with Crippen molar-refractivity contribution in [2.75, 3.05) is 0 Å². The van der Waals surface area contributed by atoms with Gasteiger partial charge in [0.05, 0.1) is 18.1 Å². The molecule has 4 heteroatoms. The van der Waals surface area contributed by atoms with Gasteiger partial charge in [0.1, 0.15) is 5.60 Å². The predicted octanol–water partition coefficient (Wildman–Crippen LogP) is 1.10. The number of hydrogen-bond donors (Lipinski definition) is 2. The summed E-state index contributed by atoms with van der Waals surface area (Å²) >= 11 is 0. The van der Waals surface area contributed by atoms with Crippen molar-refractivity contribution in [3.63, 3.8) is 0 Å². The summed E-state index contributed by atoms with van der Waals surface area (Å²) in [6.07, 6.45) is -0.952. The average molecular weight is 218 g/mol. The fourth-order valence-corrected chi connectivity index (χ4v) is 1.12. The molecule has 4 nitrogen and oxygen atoms in total. The Balaban J connectivity index is 4.47. The summed E-state index contributed by atoms with van der Waals surface area (Å²) in [7, 11) is 0. The highest BCUT2D eigenvalue weighted by atomic mass is 16.6. The van der Waals surface area contributed by atoms with E-state index in [4.69, 9.17) is 4.74 Å². The second kappa shape index (κ2) is 5.47. The van der Waals surface area contributed by atoms with Crippen LogP contribution in [-0.2, 0) is 9.53 Å². The van der Waals surface area contributed by atoms with Crippen LogP contribution in [0.5, 0.6) is 0 Å². The topological polar surface area (TPSA) is 66.8 Å². The molecule has 0 radical (unpaired) electrons. The van der Waals surface area contributed by atoms with Crippen LogP contribution in [0.2, 0.25) is 0 Å². The molecule has 2 N–H and O–H groups in total. The zero-order valence-electron chi connectivity index (χ0n) is 10.2. The van der Waals surface area contributed by atoms with Gasteiger partial charge in [0, 0.05) is 0 Å². The van der Waals surface area contributed by atoms with Gasteiger partial charge in [0.2, 0.25) is 0 Å². The molecule has 0 spiro atoms. The molecule has 0 saturated heterocycles. The van der Waals surface area contributed by atoms with Gasteiger partial charge in [0.15, 0.2) is 0 Å². The second-order valence-corrected chi connectivity index (χ2v) is 4.46. The van der Waals surface area contributed by atoms with E-state index in [0.717, 1.165) is 0 Å². The van der Waals surface area contributed by atoms with E-state index in [2.05, 4.69) is 0 Å². The lowest BCUT2D eigenvalue weighted by atomic mass is 9.99. The van der Waals surface area contributed by atoms with Crippen LogP contribution < -0.4 is 0 Å². The highest BCUT2D eigenvalue weighted by Crippen LogP contribution is 2.19. The molecule has 0 rings (SSSR count). The Morgan fingerprint density at radius 3 is 2.07 bits per heavy atom. The van der Waals surface area contributed by atoms with Crippen molar-refractivity contribution in [3.8, 4) is 0 Å². The van der Waals surface area contributed by atoms with Crippen molar-refractivity contribution in [1.82, 2.24) is 0 Å². The minimum Gasteiger partial charge on any atom is -0.457 e. The molecule has 0 aromatic rings. The lowest BCUT2D eigenvalue weighted by Crippen LogP contribution is -2.42. The van der Waals surface area contributed by atoms with E-state index < -0.39 is 29.7 Å². The standard InChI is InChI=1S/C11H22O4/c1-6-9(7(2)12)10(14)15-11(4,5)8(3)13/h7-9,12-13H,6H2,1-5H3. The van der Waals surface area contributed by atoms with Gasteiger partial charge in [-0.1, -0.05) is 6.92 Å². The molecule has 0 aliphatic carbocycles. The van der Waals surface area contributed by atoms with Gasteiger partial charge < -0.3 is 14.9 Å². The first-order valence-electron chi connectivity index (χ1n) is 5.31. The number of carbonyl (C=O) groups excluding carboxylic acids is 1. The van der Waals surface area contributed by atoms with E-state index in [-0.39, 0.29) is 0 Å². The lowest BCUT2D eigenvalue weighted by molar-refractivity contribution is -0.175. The maximum Gasteiger partial charge on any atom is 0.312 e. The molecule has 3 atom stereocenters. The maximum atomic E-state index is 11.6. The highest BCUT2D eigenvalue weighted by molar-refractivity contribution is 5.73. The monoisotopic (exact) mass is 218 g/mol. The van der Waals surface area contributed by atoms with E-state index in [9.17, 15) is 15.0 Å². The molecule has 0 aromatic heterocycles. The SMILES string of the molecule is CCC(C(=O)OC(C)(C)C(C)O)C(C)O. The number of hydrogen-bond acceptors (Lipinski definition) is 4. The first-order chi connectivity index (χ1) is 6.72. The first-order valence-corrected chi connectivity index (χ1v) is 5.31. The number of aliphatic hydroxyl groups excluding tert-OH is 2. The molecule has 0 amide bonds. The summed E-state index contributed by atoms with van der Waals surface area (Å²) in [5.74, 6) is -0.985. The molecular formula is C11H22O4. The molecular weight excluding hydrogens is 196 g/mol. The van der Waals surface area contributed by atoms with Crippen LogP contribution in [-0.4, -0.2) is 34.0 Å². The lowest BCUT2D eigenvalue weighted by Gasteiger charge is -2.30. The van der Waals surface area contributed by atoms with Gasteiger partial charge in [-0.15, -0.1) is 0 Å². The van der Waals surface area contributed by atoms with E-state index in [1.54, 1.807) is 27.7 Å². The van der Waals surface area contributed by atoms with Crippen molar-refractivity contribution < 1.29 is 19.7 Å². The Kier molecular flexibility index (Phi) is 5.24. The molecule has 3 unspecified atom stereocenters. The van der Waals surface area contributed by atoms with Crippen LogP contribution in [0.1, 0.15) is 41.0 Å². The third-order valence-corrected chi connectivity index (χ3v) is 2.69. The van der Waals surface area contributed by atoms with Gasteiger partial charge in [-0.25, -0.2) is 0 Å². The minimum absolute atomic E-state index is 0.460. The quantitative estimate of drug-likeness (QED) is 0.678. The summed E-state index contributed by atoms with van der Waals surface area (Å²) in [6, 6.07) is 0. The maximum absolute atomic E-state index is 11.6. The Morgan fingerprint density at radius 2 is 1.80 bits per heavy atom. The number of rotatable bonds is 5. The Hall–Kier alpha value is -0.610. The van der Waals surface area contributed by atoms with Crippen molar-refractivity contribution in [1.29, 1.82) is 0 Å². The zero-order chi connectivity index (χ0) is 12.2. The van der Waals surface area contributed by atoms with Crippen LogP contribution in [0.15, 0.2) is 0 Å². The van der Waals surface area contributed by atoms with Crippen LogP contribution >= 0.6 is 0 Å². The van der Waals surface area contributed by atoms with Gasteiger partial charge >= 0.3 is 5.97 Å². The smallest absolute Gasteiger partial charge is 0.312 e. The summed E-state index contributed by atoms with van der Waals surface area (Å²) in [5.41, 5.74) is -0.917. The number of esters is 1. The summed E-state index contributed by atoms with van der Waals surface area (Å²) in [5, 5.41) is 18.7. The van der Waals surface area contributed by atoms with Crippen molar-refractivity contribution in [2.45, 2.75) is 58.8 Å². The molecule has 90 valence electrons. The number of carbonyl (C=O) groups is 1. The van der Waals surface area contributed by atoms with Crippen molar-refractivity contribution in [2.24, 2.45) is 5.92 Å². The van der Waals surface area contributed by atoms with Gasteiger partial charge in [-0.2, -0.15) is 0 Å². The van der Waals surface area contributed by atoms with Crippen LogP contribution in [0, 0.1) is 5.92 Å². The minimum atomic E-state index is -0.917. The van der Waals surface area contributed by atoms with Gasteiger partial charge in [-0.3, -0.25) is 4.79 Å². The molecule has 0 saturated carbocycles. The second-order valence-electron chi connectivity index (χ2n) is 4.46. The van der Waals surface area contributed by atoms with E-state index in [1.165, 1.54) is 0 Å². The largest absolute Gasteiger partial charge is 0.457 e. The highest BCUT2D eigenvalue weighted by Gasteiger charge is 2.32. The van der Waals surface area contributed by atoms with Gasteiger partial charge in [-0.05, 0) is 34.1 Å². The van der Waals surface area contributed by atoms with Gasteiger partial charge in [0.25, 0.3) is 0 Å². The Morgan fingerprint density at radius 1 is 1.33 bits per heavy atom. The molecule has 0 bridgehead atoms. The van der Waals surface area contributed by atoms with Crippen molar-refractivity contribution >= 4 is 5.97 Å². The zero-order valence-corrected chi connectivity index (χ0v) is 10.2. The summed E-state index contributed by atoms with van der Waals surface area (Å²) in [6.45, 7) is 8.23. The molecule has 0 heterocycles. The Bertz CT molecular complexity index is 209. The molecule has 0 aliphatic rings. The van der Waals surface area contributed by atoms with Crippen LogP contribution in [0.3, 0.4) is 0 Å². The average Bonchev–Trinajstić information content (AvgIpc) is 2.02. The van der Waals surface area contributed by atoms with E-state index in [0.29, 0.717) is 6.42 Å². The summed E-state index contributed by atoms with van der Waals surface area (Å²) in [4.78, 5) is 11.6. The molecule has 0 aromatic carbocycles. The third kappa shape index (κ3) is 4.18. The molecule has 15 heavy (non-hydrogen) atoms. The normalized spacial score (nSPS) is 18.1. The molecule has 0 aliphatic heterocycles. The molecule has 0 fully saturated rings. The van der Waals surface area contributed by atoms with Crippen LogP contribution in [0.25, 0.3) is 0 Å². The van der Waals surface area contributed by atoms with Crippen LogP contribution in [0.4, 0.5) is 0 Å². The first kappa shape index (κ1) is 14.4. The fraction of sp³-hybridized carbons (Fsp3) is 0.909. The van der Waals surface area contributed by atoms with Crippen molar-refractivity contribution in [3.05, 3.63) is 0 Å².